The second-order valence-electron chi connectivity index (χ2n) is 2.39. The Balaban J connectivity index is 3.35. The summed E-state index contributed by atoms with van der Waals surface area (Å²) in [5.74, 6) is 0.0269. The Morgan fingerprint density at radius 2 is 2.15 bits per heavy atom. The molecular formula is C8H15NO3S. The van der Waals surface area contributed by atoms with Crippen LogP contribution in [0.2, 0.25) is 0 Å². The third kappa shape index (κ3) is 7.80. The van der Waals surface area contributed by atoms with Crippen LogP contribution in [0, 0.1) is 0 Å². The first-order valence-electron chi connectivity index (χ1n) is 4.14. The van der Waals surface area contributed by atoms with E-state index >= 15 is 0 Å². The number of hydrogen-bond donors (Lipinski definition) is 1. The molecule has 0 atom stereocenters. The van der Waals surface area contributed by atoms with Gasteiger partial charge >= 0.3 is 0 Å². The molecule has 13 heavy (non-hydrogen) atoms. The zero-order valence-corrected chi connectivity index (χ0v) is 8.78. The second-order valence-corrected chi connectivity index (χ2v) is 3.42. The maximum Gasteiger partial charge on any atom is 0.230 e. The van der Waals surface area contributed by atoms with Gasteiger partial charge in [0.05, 0.1) is 5.75 Å². The number of rotatable bonds is 6. The van der Waals surface area contributed by atoms with Crippen LogP contribution in [0.5, 0.6) is 0 Å². The Labute approximate surface area is 82.4 Å². The van der Waals surface area contributed by atoms with Gasteiger partial charge < -0.3 is 10.1 Å². The van der Waals surface area contributed by atoms with Crippen molar-refractivity contribution in [3.8, 4) is 0 Å². The van der Waals surface area contributed by atoms with Crippen LogP contribution >= 0.6 is 11.8 Å². The minimum Gasteiger partial charge on any atom is -0.373 e. The van der Waals surface area contributed by atoms with E-state index in [-0.39, 0.29) is 23.4 Å². The molecule has 0 bridgehead atoms. The molecule has 5 heteroatoms. The SMILES string of the molecule is CCCOCC(=O)SCC(=O)NC. The fraction of sp³-hybridized carbons (Fsp3) is 0.750. The number of amides is 1. The quantitative estimate of drug-likeness (QED) is 0.638. The van der Waals surface area contributed by atoms with E-state index in [1.165, 1.54) is 0 Å². The maximum atomic E-state index is 11.0. The summed E-state index contributed by atoms with van der Waals surface area (Å²) in [6, 6.07) is 0. The highest BCUT2D eigenvalue weighted by Gasteiger charge is 2.05. The van der Waals surface area contributed by atoms with Crippen molar-refractivity contribution in [2.45, 2.75) is 13.3 Å². The highest BCUT2D eigenvalue weighted by Crippen LogP contribution is 2.01. The summed E-state index contributed by atoms with van der Waals surface area (Å²) in [6.07, 6.45) is 0.896. The van der Waals surface area contributed by atoms with E-state index in [0.29, 0.717) is 6.61 Å². The van der Waals surface area contributed by atoms with Crippen LogP contribution in [0.4, 0.5) is 0 Å². The number of carbonyl (C=O) groups is 2. The summed E-state index contributed by atoms with van der Waals surface area (Å²) < 4.78 is 5.01. The topological polar surface area (TPSA) is 55.4 Å². The molecule has 0 spiro atoms. The third-order valence-electron chi connectivity index (χ3n) is 1.21. The van der Waals surface area contributed by atoms with E-state index < -0.39 is 0 Å². The summed E-state index contributed by atoms with van der Waals surface area (Å²) in [7, 11) is 1.54. The van der Waals surface area contributed by atoms with Crippen molar-refractivity contribution in [3.63, 3.8) is 0 Å². The summed E-state index contributed by atoms with van der Waals surface area (Å²) in [5, 5.41) is 2.33. The number of ether oxygens (including phenoxy) is 1. The van der Waals surface area contributed by atoms with Gasteiger partial charge in [0, 0.05) is 13.7 Å². The molecule has 76 valence electrons. The Hall–Kier alpha value is -0.550. The Kier molecular flexibility index (Phi) is 7.73. The van der Waals surface area contributed by atoms with Crippen LogP contribution in [0.25, 0.3) is 0 Å². The molecule has 1 N–H and O–H groups in total. The van der Waals surface area contributed by atoms with Gasteiger partial charge in [0.15, 0.2) is 0 Å². The average Bonchev–Trinajstić information content (AvgIpc) is 2.14. The molecule has 0 aliphatic rings. The van der Waals surface area contributed by atoms with Crippen molar-refractivity contribution >= 4 is 22.8 Å². The third-order valence-corrected chi connectivity index (χ3v) is 2.06. The molecule has 0 heterocycles. The van der Waals surface area contributed by atoms with Gasteiger partial charge in [0.25, 0.3) is 0 Å². The van der Waals surface area contributed by atoms with Crippen molar-refractivity contribution in [3.05, 3.63) is 0 Å². The first-order valence-corrected chi connectivity index (χ1v) is 5.13. The average molecular weight is 205 g/mol. The van der Waals surface area contributed by atoms with Crippen molar-refractivity contribution in [2.75, 3.05) is 26.0 Å². The minimum absolute atomic E-state index is 0.0928. The lowest BCUT2D eigenvalue weighted by Gasteiger charge is -2.00. The summed E-state index contributed by atoms with van der Waals surface area (Å²) in [4.78, 5) is 21.7. The van der Waals surface area contributed by atoms with Crippen LogP contribution in [-0.4, -0.2) is 37.0 Å². The minimum atomic E-state index is -0.145. The van der Waals surface area contributed by atoms with Crippen molar-refractivity contribution in [1.82, 2.24) is 5.32 Å². The van der Waals surface area contributed by atoms with Crippen molar-refractivity contribution in [1.29, 1.82) is 0 Å². The highest BCUT2D eigenvalue weighted by atomic mass is 32.2. The smallest absolute Gasteiger partial charge is 0.230 e. The standard InChI is InChI=1S/C8H15NO3S/c1-3-4-12-5-8(11)13-6-7(10)9-2/h3-6H2,1-2H3,(H,9,10). The zero-order valence-electron chi connectivity index (χ0n) is 7.96. The summed E-state index contributed by atoms with van der Waals surface area (Å²) >= 11 is 0.984. The van der Waals surface area contributed by atoms with E-state index in [0.717, 1.165) is 18.2 Å². The van der Waals surface area contributed by atoms with Gasteiger partial charge in [-0.05, 0) is 6.42 Å². The van der Waals surface area contributed by atoms with Crippen LogP contribution in [0.15, 0.2) is 0 Å². The maximum absolute atomic E-state index is 11.0. The van der Waals surface area contributed by atoms with Crippen molar-refractivity contribution in [2.24, 2.45) is 0 Å². The highest BCUT2D eigenvalue weighted by molar-refractivity contribution is 8.14. The number of hydrogen-bond acceptors (Lipinski definition) is 4. The van der Waals surface area contributed by atoms with E-state index in [1.807, 2.05) is 6.92 Å². The molecule has 0 unspecified atom stereocenters. The van der Waals surface area contributed by atoms with E-state index in [4.69, 9.17) is 4.74 Å². The van der Waals surface area contributed by atoms with E-state index in [1.54, 1.807) is 7.05 Å². The summed E-state index contributed by atoms with van der Waals surface area (Å²) in [6.45, 7) is 2.66. The van der Waals surface area contributed by atoms with Gasteiger partial charge in [-0.15, -0.1) is 0 Å². The lowest BCUT2D eigenvalue weighted by Crippen LogP contribution is -2.21. The number of nitrogens with one attached hydrogen (secondary N) is 1. The Morgan fingerprint density at radius 1 is 1.46 bits per heavy atom. The molecule has 1 amide bonds. The largest absolute Gasteiger partial charge is 0.373 e. The molecule has 0 saturated heterocycles. The summed E-state index contributed by atoms with van der Waals surface area (Å²) in [5.41, 5.74) is 0. The van der Waals surface area contributed by atoms with Gasteiger partial charge in [0.2, 0.25) is 11.0 Å². The monoisotopic (exact) mass is 205 g/mol. The van der Waals surface area contributed by atoms with Gasteiger partial charge in [-0.25, -0.2) is 0 Å². The molecule has 0 aliphatic heterocycles. The van der Waals surface area contributed by atoms with Crippen LogP contribution in [0.3, 0.4) is 0 Å². The van der Waals surface area contributed by atoms with Crippen LogP contribution in [-0.2, 0) is 14.3 Å². The number of thioether (sulfide) groups is 1. The molecule has 0 aliphatic carbocycles. The van der Waals surface area contributed by atoms with Gasteiger partial charge in [-0.3, -0.25) is 9.59 Å². The van der Waals surface area contributed by atoms with E-state index in [9.17, 15) is 9.59 Å². The Morgan fingerprint density at radius 3 is 2.69 bits per heavy atom. The predicted molar refractivity (Wildman–Crippen MR) is 52.6 cm³/mol. The molecular weight excluding hydrogens is 190 g/mol. The first-order chi connectivity index (χ1) is 6.20. The molecule has 0 aromatic carbocycles. The first kappa shape index (κ1) is 12.4. The lowest BCUT2D eigenvalue weighted by molar-refractivity contribution is -0.119. The fourth-order valence-electron chi connectivity index (χ4n) is 0.560. The molecule has 0 rings (SSSR count). The molecule has 0 saturated carbocycles. The molecule has 0 aromatic rings. The Bertz CT molecular complexity index is 173. The van der Waals surface area contributed by atoms with Crippen LogP contribution < -0.4 is 5.32 Å². The number of carbonyl (C=O) groups excluding carboxylic acids is 2. The van der Waals surface area contributed by atoms with Gasteiger partial charge in [-0.1, -0.05) is 18.7 Å². The lowest BCUT2D eigenvalue weighted by atomic mass is 10.5. The van der Waals surface area contributed by atoms with Crippen LogP contribution in [0.1, 0.15) is 13.3 Å². The van der Waals surface area contributed by atoms with Gasteiger partial charge in [-0.2, -0.15) is 0 Å². The molecule has 4 nitrogen and oxygen atoms in total. The molecule has 0 radical (unpaired) electrons. The second kappa shape index (κ2) is 8.07. The van der Waals surface area contributed by atoms with Crippen molar-refractivity contribution < 1.29 is 14.3 Å². The zero-order chi connectivity index (χ0) is 10.1. The van der Waals surface area contributed by atoms with E-state index in [2.05, 4.69) is 5.32 Å². The fourth-order valence-corrected chi connectivity index (χ4v) is 1.16. The molecule has 0 aromatic heterocycles. The molecule has 0 fully saturated rings. The predicted octanol–water partition coefficient (Wildman–Crippen LogP) is 0.419. The normalized spacial score (nSPS) is 9.69. The van der Waals surface area contributed by atoms with Gasteiger partial charge in [0.1, 0.15) is 6.61 Å².